The summed E-state index contributed by atoms with van der Waals surface area (Å²) in [5.74, 6) is 1.40. The molecule has 130 valence electrons. The molecule has 0 radical (unpaired) electrons. The molecule has 0 saturated heterocycles. The summed E-state index contributed by atoms with van der Waals surface area (Å²) < 4.78 is 10.6. The van der Waals surface area contributed by atoms with Gasteiger partial charge in [-0.1, -0.05) is 26.0 Å². The highest BCUT2D eigenvalue weighted by Gasteiger charge is 2.16. The van der Waals surface area contributed by atoms with Crippen molar-refractivity contribution in [1.29, 1.82) is 0 Å². The summed E-state index contributed by atoms with van der Waals surface area (Å²) in [4.78, 5) is 11.9. The van der Waals surface area contributed by atoms with Crippen LogP contribution in [0.25, 0.3) is 0 Å². The van der Waals surface area contributed by atoms with Gasteiger partial charge in [0.15, 0.2) is 6.61 Å². The zero-order valence-electron chi connectivity index (χ0n) is 14.4. The largest absolute Gasteiger partial charge is 0.484 e. The summed E-state index contributed by atoms with van der Waals surface area (Å²) in [6, 6.07) is 11.0. The van der Waals surface area contributed by atoms with Gasteiger partial charge >= 0.3 is 0 Å². The van der Waals surface area contributed by atoms with Crippen LogP contribution in [0, 0.1) is 0 Å². The van der Waals surface area contributed by atoms with Crippen molar-refractivity contribution in [2.45, 2.75) is 45.3 Å². The number of hydrogen-bond donors (Lipinski definition) is 2. The molecule has 0 aliphatic carbocycles. The highest BCUT2D eigenvalue weighted by molar-refractivity contribution is 5.77. The molecule has 1 amide bonds. The lowest BCUT2D eigenvalue weighted by atomic mass is 10.0. The van der Waals surface area contributed by atoms with Gasteiger partial charge in [-0.25, -0.2) is 0 Å². The molecule has 0 aliphatic rings. The Morgan fingerprint density at radius 1 is 1.21 bits per heavy atom. The van der Waals surface area contributed by atoms with Gasteiger partial charge in [-0.3, -0.25) is 4.79 Å². The van der Waals surface area contributed by atoms with Crippen LogP contribution in [-0.4, -0.2) is 23.7 Å². The first-order valence-corrected chi connectivity index (χ1v) is 8.19. The van der Waals surface area contributed by atoms with Crippen LogP contribution in [-0.2, 0) is 4.79 Å². The Balaban J connectivity index is 1.74. The van der Waals surface area contributed by atoms with Crippen molar-refractivity contribution in [3.63, 3.8) is 0 Å². The third-order valence-electron chi connectivity index (χ3n) is 3.77. The fraction of sp³-hybridized carbons (Fsp3) is 0.421. The molecule has 0 aliphatic heterocycles. The van der Waals surface area contributed by atoms with E-state index in [2.05, 4.69) is 19.2 Å². The molecule has 1 aromatic carbocycles. The third-order valence-corrected chi connectivity index (χ3v) is 3.77. The van der Waals surface area contributed by atoms with Gasteiger partial charge in [-0.15, -0.1) is 0 Å². The molecule has 2 N–H and O–H groups in total. The predicted octanol–water partition coefficient (Wildman–Crippen LogP) is 3.41. The third kappa shape index (κ3) is 5.42. The second-order valence-corrected chi connectivity index (χ2v) is 6.25. The second-order valence-electron chi connectivity index (χ2n) is 6.25. The van der Waals surface area contributed by atoms with E-state index in [1.807, 2.05) is 31.2 Å². The number of ether oxygens (including phenoxy) is 1. The quantitative estimate of drug-likeness (QED) is 0.777. The topological polar surface area (TPSA) is 71.7 Å². The Bertz CT molecular complexity index is 619. The molecule has 0 fully saturated rings. The summed E-state index contributed by atoms with van der Waals surface area (Å²) >= 11 is 0. The van der Waals surface area contributed by atoms with Gasteiger partial charge in [0.05, 0.1) is 6.26 Å². The van der Waals surface area contributed by atoms with Crippen LogP contribution in [0.2, 0.25) is 0 Å². The van der Waals surface area contributed by atoms with Crippen molar-refractivity contribution < 1.29 is 19.1 Å². The van der Waals surface area contributed by atoms with E-state index in [1.54, 1.807) is 12.1 Å². The van der Waals surface area contributed by atoms with Crippen molar-refractivity contribution >= 4 is 5.91 Å². The Morgan fingerprint density at radius 2 is 1.92 bits per heavy atom. The van der Waals surface area contributed by atoms with Crippen LogP contribution in [0.1, 0.15) is 50.5 Å². The normalized spacial score (nSPS) is 13.5. The van der Waals surface area contributed by atoms with Gasteiger partial charge in [-0.05, 0) is 42.7 Å². The summed E-state index contributed by atoms with van der Waals surface area (Å²) in [5.41, 5.74) is 1.23. The van der Waals surface area contributed by atoms with Gasteiger partial charge < -0.3 is 19.6 Å². The van der Waals surface area contributed by atoms with Gasteiger partial charge in [0, 0.05) is 12.5 Å². The molecule has 0 bridgehead atoms. The van der Waals surface area contributed by atoms with Crippen molar-refractivity contribution in [2.24, 2.45) is 0 Å². The van der Waals surface area contributed by atoms with Crippen molar-refractivity contribution in [2.75, 3.05) is 6.61 Å². The number of benzene rings is 1. The number of furan rings is 1. The minimum absolute atomic E-state index is 0.0534. The standard InChI is InChI=1S/C19H25NO4/c1-13(2)15-6-8-16(9-7-15)24-12-19(22)20-14(3)11-17(21)18-5-4-10-23-18/h4-10,13-14,17,21H,11-12H2,1-3H3,(H,20,22). The lowest BCUT2D eigenvalue weighted by Gasteiger charge is -2.17. The predicted molar refractivity (Wildman–Crippen MR) is 91.9 cm³/mol. The minimum atomic E-state index is -0.736. The lowest BCUT2D eigenvalue weighted by Crippen LogP contribution is -2.37. The molecule has 0 saturated carbocycles. The average molecular weight is 331 g/mol. The van der Waals surface area contributed by atoms with Crippen LogP contribution in [0.5, 0.6) is 5.75 Å². The fourth-order valence-corrected chi connectivity index (χ4v) is 2.41. The smallest absolute Gasteiger partial charge is 0.258 e. The molecule has 24 heavy (non-hydrogen) atoms. The van der Waals surface area contributed by atoms with E-state index in [1.165, 1.54) is 11.8 Å². The van der Waals surface area contributed by atoms with Gasteiger partial charge in [0.1, 0.15) is 17.6 Å². The van der Waals surface area contributed by atoms with E-state index in [0.29, 0.717) is 23.8 Å². The van der Waals surface area contributed by atoms with E-state index in [-0.39, 0.29) is 18.6 Å². The van der Waals surface area contributed by atoms with E-state index in [4.69, 9.17) is 9.15 Å². The number of amides is 1. The van der Waals surface area contributed by atoms with Crippen molar-refractivity contribution in [3.8, 4) is 5.75 Å². The molecule has 1 heterocycles. The number of carbonyl (C=O) groups excluding carboxylic acids is 1. The summed E-state index contributed by atoms with van der Waals surface area (Å²) in [5, 5.41) is 12.8. The van der Waals surface area contributed by atoms with Crippen LogP contribution in [0.15, 0.2) is 47.1 Å². The Labute approximate surface area is 142 Å². The zero-order chi connectivity index (χ0) is 17.5. The Kier molecular flexibility index (Phi) is 6.44. The average Bonchev–Trinajstić information content (AvgIpc) is 3.07. The first-order valence-electron chi connectivity index (χ1n) is 8.19. The summed E-state index contributed by atoms with van der Waals surface area (Å²) in [6.07, 6.45) is 1.16. The lowest BCUT2D eigenvalue weighted by molar-refractivity contribution is -0.123. The molecule has 5 nitrogen and oxygen atoms in total. The number of hydrogen-bond acceptors (Lipinski definition) is 4. The zero-order valence-corrected chi connectivity index (χ0v) is 14.4. The minimum Gasteiger partial charge on any atom is -0.484 e. The number of carbonyl (C=O) groups is 1. The van der Waals surface area contributed by atoms with Crippen LogP contribution < -0.4 is 10.1 Å². The number of nitrogens with one attached hydrogen (secondary N) is 1. The molecule has 2 aromatic rings. The Morgan fingerprint density at radius 3 is 2.50 bits per heavy atom. The number of aliphatic hydroxyl groups excluding tert-OH is 1. The maximum atomic E-state index is 11.9. The Hall–Kier alpha value is -2.27. The highest BCUT2D eigenvalue weighted by atomic mass is 16.5. The maximum absolute atomic E-state index is 11.9. The van der Waals surface area contributed by atoms with Gasteiger partial charge in [0.25, 0.3) is 5.91 Å². The maximum Gasteiger partial charge on any atom is 0.258 e. The summed E-state index contributed by atoms with van der Waals surface area (Å²) in [7, 11) is 0. The van der Waals surface area contributed by atoms with Crippen LogP contribution >= 0.6 is 0 Å². The first kappa shape index (κ1) is 18.1. The molecule has 5 heteroatoms. The van der Waals surface area contributed by atoms with Gasteiger partial charge in [0.2, 0.25) is 0 Å². The molecule has 1 aromatic heterocycles. The van der Waals surface area contributed by atoms with Crippen LogP contribution in [0.3, 0.4) is 0 Å². The van der Waals surface area contributed by atoms with Crippen molar-refractivity contribution in [1.82, 2.24) is 5.32 Å². The molecular formula is C19H25NO4. The van der Waals surface area contributed by atoms with Crippen LogP contribution in [0.4, 0.5) is 0 Å². The molecule has 2 rings (SSSR count). The van der Waals surface area contributed by atoms with Gasteiger partial charge in [-0.2, -0.15) is 0 Å². The SMILES string of the molecule is CC(CC(O)c1ccco1)NC(=O)COc1ccc(C(C)C)cc1. The molecule has 0 spiro atoms. The monoisotopic (exact) mass is 331 g/mol. The summed E-state index contributed by atoms with van der Waals surface area (Å²) in [6.45, 7) is 6.04. The van der Waals surface area contributed by atoms with E-state index in [9.17, 15) is 9.90 Å². The first-order chi connectivity index (χ1) is 11.5. The molecule has 2 atom stereocenters. The second kappa shape index (κ2) is 8.55. The van der Waals surface area contributed by atoms with E-state index >= 15 is 0 Å². The number of aliphatic hydroxyl groups is 1. The molecular weight excluding hydrogens is 306 g/mol. The molecule has 2 unspecified atom stereocenters. The van der Waals surface area contributed by atoms with Crippen molar-refractivity contribution in [3.05, 3.63) is 54.0 Å². The number of rotatable bonds is 8. The van der Waals surface area contributed by atoms with E-state index < -0.39 is 6.10 Å². The fourth-order valence-electron chi connectivity index (χ4n) is 2.41. The highest BCUT2D eigenvalue weighted by Crippen LogP contribution is 2.19. The van der Waals surface area contributed by atoms with E-state index in [0.717, 1.165) is 0 Å².